The zero-order valence-corrected chi connectivity index (χ0v) is 20.7. The van der Waals surface area contributed by atoms with E-state index in [1.54, 1.807) is 6.07 Å². The Hall–Kier alpha value is -2.11. The van der Waals surface area contributed by atoms with E-state index < -0.39 is 11.0 Å². The molecule has 5 rings (SSSR count). The second-order valence-corrected chi connectivity index (χ2v) is 11.3. The highest BCUT2D eigenvalue weighted by Gasteiger charge is 2.65. The van der Waals surface area contributed by atoms with Crippen LogP contribution in [-0.2, 0) is 10.2 Å². The van der Waals surface area contributed by atoms with E-state index in [-0.39, 0.29) is 23.6 Å². The number of benzene rings is 1. The average molecular weight is 465 g/mol. The molecule has 5 heteroatoms. The number of aliphatic hydroxyl groups is 1. The number of rotatable bonds is 7. The second-order valence-electron chi connectivity index (χ2n) is 11.3. The molecule has 0 radical (unpaired) electrons. The molecule has 1 heterocycles. The van der Waals surface area contributed by atoms with Gasteiger partial charge in [-0.25, -0.2) is 0 Å². The minimum absolute atomic E-state index is 0.0288. The summed E-state index contributed by atoms with van der Waals surface area (Å²) in [5.41, 5.74) is 1.86. The number of likely N-dealkylation sites (tertiary alicyclic amines) is 1. The Morgan fingerprint density at radius 3 is 2.79 bits per heavy atom. The molecule has 3 unspecified atom stereocenters. The van der Waals surface area contributed by atoms with E-state index >= 15 is 0 Å². The van der Waals surface area contributed by atoms with Crippen LogP contribution in [0, 0.1) is 18.8 Å². The summed E-state index contributed by atoms with van der Waals surface area (Å²) < 4.78 is 0. The molecule has 3 fully saturated rings. The third kappa shape index (κ3) is 4.22. The fourth-order valence-corrected chi connectivity index (χ4v) is 6.96. The maximum atomic E-state index is 13.4. The lowest BCUT2D eigenvalue weighted by Gasteiger charge is -2.55. The third-order valence-electron chi connectivity index (χ3n) is 9.13. The molecule has 3 aliphatic carbocycles. The number of allylic oxidation sites excluding steroid dienone is 3. The van der Waals surface area contributed by atoms with Crippen molar-refractivity contribution in [3.05, 3.63) is 53.1 Å². The molecule has 4 aliphatic rings. The van der Waals surface area contributed by atoms with Crippen molar-refractivity contribution in [2.24, 2.45) is 11.8 Å². The van der Waals surface area contributed by atoms with E-state index in [0.29, 0.717) is 19.4 Å². The number of piperidine rings is 1. The van der Waals surface area contributed by atoms with Gasteiger partial charge in [-0.15, -0.1) is 0 Å². The number of nitrogens with zero attached hydrogens (tertiary/aromatic N) is 1. The monoisotopic (exact) mass is 464 g/mol. The number of aryl methyl sites for hydroxylation is 1. The van der Waals surface area contributed by atoms with Crippen LogP contribution in [0.1, 0.15) is 69.4 Å². The van der Waals surface area contributed by atoms with Crippen LogP contribution in [0.15, 0.2) is 42.0 Å². The van der Waals surface area contributed by atoms with Crippen molar-refractivity contribution >= 4 is 5.91 Å². The number of hydrogen-bond donors (Lipinski definition) is 3. The third-order valence-corrected chi connectivity index (χ3v) is 9.13. The molecular weight excluding hydrogens is 424 g/mol. The van der Waals surface area contributed by atoms with E-state index in [1.807, 2.05) is 12.1 Å². The van der Waals surface area contributed by atoms with Crippen molar-refractivity contribution in [2.75, 3.05) is 19.6 Å². The van der Waals surface area contributed by atoms with Gasteiger partial charge in [-0.3, -0.25) is 9.69 Å². The largest absolute Gasteiger partial charge is 0.508 e. The van der Waals surface area contributed by atoms with Crippen LogP contribution in [0.2, 0.25) is 0 Å². The highest BCUT2D eigenvalue weighted by atomic mass is 16.3. The van der Waals surface area contributed by atoms with Crippen LogP contribution in [0.4, 0.5) is 0 Å². The lowest BCUT2D eigenvalue weighted by molar-refractivity contribution is -0.128. The van der Waals surface area contributed by atoms with Crippen LogP contribution in [0.5, 0.6) is 5.75 Å². The maximum absolute atomic E-state index is 13.4. The van der Waals surface area contributed by atoms with Gasteiger partial charge in [-0.1, -0.05) is 29.9 Å². The first-order valence-corrected chi connectivity index (χ1v) is 13.2. The van der Waals surface area contributed by atoms with Gasteiger partial charge >= 0.3 is 0 Å². The molecule has 1 amide bonds. The Morgan fingerprint density at radius 2 is 2.06 bits per heavy atom. The summed E-state index contributed by atoms with van der Waals surface area (Å²) in [6.07, 6.45) is 14.1. The predicted octanol–water partition coefficient (Wildman–Crippen LogP) is 4.37. The van der Waals surface area contributed by atoms with E-state index in [1.165, 1.54) is 18.4 Å². The first-order chi connectivity index (χ1) is 16.3. The van der Waals surface area contributed by atoms with Gasteiger partial charge in [0.1, 0.15) is 5.75 Å². The lowest BCUT2D eigenvalue weighted by atomic mass is 9.61. The fraction of sp³-hybridized carbons (Fsp3) is 0.621. The summed E-state index contributed by atoms with van der Waals surface area (Å²) in [6, 6.07) is 5.47. The smallest absolute Gasteiger partial charge is 0.223 e. The van der Waals surface area contributed by atoms with E-state index in [4.69, 9.17) is 0 Å². The highest BCUT2D eigenvalue weighted by molar-refractivity contribution is 5.80. The van der Waals surface area contributed by atoms with E-state index in [9.17, 15) is 15.0 Å². The molecule has 1 aromatic carbocycles. The molecule has 34 heavy (non-hydrogen) atoms. The normalized spacial score (nSPS) is 33.4. The number of phenolic OH excluding ortho intramolecular Hbond substituents is 1. The summed E-state index contributed by atoms with van der Waals surface area (Å²) >= 11 is 0. The van der Waals surface area contributed by atoms with Crippen LogP contribution in [0.3, 0.4) is 0 Å². The van der Waals surface area contributed by atoms with Gasteiger partial charge in [0.05, 0.1) is 5.60 Å². The van der Waals surface area contributed by atoms with Crippen LogP contribution >= 0.6 is 0 Å². The number of hydrogen-bond acceptors (Lipinski definition) is 4. The first-order valence-electron chi connectivity index (χ1n) is 13.2. The van der Waals surface area contributed by atoms with Crippen molar-refractivity contribution < 1.29 is 15.0 Å². The number of amides is 1. The summed E-state index contributed by atoms with van der Waals surface area (Å²) in [4.78, 5) is 15.8. The van der Waals surface area contributed by atoms with Gasteiger partial charge in [0.15, 0.2) is 0 Å². The molecule has 3 N–H and O–H groups in total. The lowest BCUT2D eigenvalue weighted by Crippen LogP contribution is -2.65. The minimum Gasteiger partial charge on any atom is -0.508 e. The topological polar surface area (TPSA) is 72.8 Å². The van der Waals surface area contributed by atoms with Crippen molar-refractivity contribution in [1.29, 1.82) is 0 Å². The van der Waals surface area contributed by atoms with Gasteiger partial charge in [0.25, 0.3) is 0 Å². The number of carbonyl (C=O) groups is 1. The van der Waals surface area contributed by atoms with E-state index in [0.717, 1.165) is 55.8 Å². The van der Waals surface area contributed by atoms with Gasteiger partial charge in [-0.2, -0.15) is 0 Å². The van der Waals surface area contributed by atoms with Crippen molar-refractivity contribution in [3.63, 3.8) is 0 Å². The van der Waals surface area contributed by atoms with E-state index in [2.05, 4.69) is 42.3 Å². The average Bonchev–Trinajstić information content (AvgIpc) is 3.59. The Labute approximate surface area is 203 Å². The van der Waals surface area contributed by atoms with Gasteiger partial charge < -0.3 is 15.5 Å². The molecule has 4 atom stereocenters. The maximum Gasteiger partial charge on any atom is 0.223 e. The Balaban J connectivity index is 1.39. The Bertz CT molecular complexity index is 997. The molecule has 1 aromatic rings. The van der Waals surface area contributed by atoms with Gasteiger partial charge in [0, 0.05) is 30.5 Å². The number of carbonyl (C=O) groups excluding carboxylic acids is 1. The summed E-state index contributed by atoms with van der Waals surface area (Å²) in [6.45, 7) is 6.80. The molecule has 0 bridgehead atoms. The Morgan fingerprint density at radius 1 is 1.24 bits per heavy atom. The highest BCUT2D eigenvalue weighted by Crippen LogP contribution is 2.59. The second kappa shape index (κ2) is 9.16. The molecule has 1 aliphatic heterocycles. The van der Waals surface area contributed by atoms with Crippen molar-refractivity contribution in [2.45, 2.75) is 82.3 Å². The molecule has 184 valence electrons. The van der Waals surface area contributed by atoms with Crippen LogP contribution in [0.25, 0.3) is 0 Å². The zero-order valence-electron chi connectivity index (χ0n) is 20.7. The molecule has 0 spiro atoms. The van der Waals surface area contributed by atoms with Crippen LogP contribution in [-0.4, -0.2) is 52.3 Å². The SMILES string of the molecule is Cc1ccc(O)cc1[C@]12CCN(CC3CC3)C(C)C1(O)CC(C(=O)NCCC1=CCCC=C1)C2. The Kier molecular flexibility index (Phi) is 6.36. The minimum atomic E-state index is -1.00. The fourth-order valence-electron chi connectivity index (χ4n) is 6.96. The molecular formula is C29H40N2O3. The number of phenols is 1. The first kappa shape index (κ1) is 23.6. The number of fused-ring (bicyclic) bond motifs is 1. The quantitative estimate of drug-likeness (QED) is 0.560. The standard InChI is InChI=1S/C29H40N2O3/c1-20-8-11-25(32)16-26(20)28-13-15-31(19-23-9-10-23)21(2)29(28,34)18-24(17-28)27(33)30-14-12-22-6-4-3-5-7-22/h4,6-8,11,16,21,23-24,32,34H,3,5,9-10,12-15,17-19H2,1-2H3,(H,30,33)/t21?,24?,28-,29?/m1/s1. The van der Waals surface area contributed by atoms with Crippen molar-refractivity contribution in [1.82, 2.24) is 10.2 Å². The molecule has 2 saturated carbocycles. The molecule has 5 nitrogen and oxygen atoms in total. The molecule has 0 aromatic heterocycles. The summed E-state index contributed by atoms with van der Waals surface area (Å²) in [7, 11) is 0. The van der Waals surface area contributed by atoms with Crippen LogP contribution < -0.4 is 5.32 Å². The number of aromatic hydroxyl groups is 1. The predicted molar refractivity (Wildman–Crippen MR) is 135 cm³/mol. The summed E-state index contributed by atoms with van der Waals surface area (Å²) in [5.74, 6) is 0.809. The number of nitrogens with one attached hydrogen (secondary N) is 1. The molecule has 1 saturated heterocycles. The van der Waals surface area contributed by atoms with Crippen molar-refractivity contribution in [3.8, 4) is 5.75 Å². The zero-order chi connectivity index (χ0) is 23.9. The summed E-state index contributed by atoms with van der Waals surface area (Å²) in [5, 5.41) is 26.0. The van der Waals surface area contributed by atoms with Gasteiger partial charge in [-0.05, 0) is 101 Å². The van der Waals surface area contributed by atoms with Gasteiger partial charge in [0.2, 0.25) is 5.91 Å².